The molecule has 0 atom stereocenters. The van der Waals surface area contributed by atoms with E-state index in [1.807, 2.05) is 9.80 Å². The van der Waals surface area contributed by atoms with Gasteiger partial charge in [-0.15, -0.1) is 16.4 Å². The van der Waals surface area contributed by atoms with Crippen molar-refractivity contribution in [3.63, 3.8) is 0 Å². The Morgan fingerprint density at radius 3 is 2.37 bits per heavy atom. The van der Waals surface area contributed by atoms with E-state index in [4.69, 9.17) is 23.2 Å². The van der Waals surface area contributed by atoms with Crippen LogP contribution in [0.25, 0.3) is 10.9 Å². The average molecular weight is 663 g/mol. The highest BCUT2D eigenvalue weighted by atomic mass is 35.5. The van der Waals surface area contributed by atoms with Gasteiger partial charge in [0.25, 0.3) is 10.0 Å². The molecule has 1 spiro atoms. The fourth-order valence-corrected chi connectivity index (χ4v) is 10.1. The van der Waals surface area contributed by atoms with Crippen LogP contribution in [0.4, 0.5) is 20.4 Å². The normalized spacial score (nSPS) is 17.2. The molecule has 9 nitrogen and oxygen atoms in total. The molecule has 218 valence electrons. The van der Waals surface area contributed by atoms with Crippen LogP contribution in [-0.2, 0) is 19.9 Å². The summed E-state index contributed by atoms with van der Waals surface area (Å²) in [6.45, 7) is 4.08. The minimum atomic E-state index is -4.44. The first-order chi connectivity index (χ1) is 19.2. The van der Waals surface area contributed by atoms with Gasteiger partial charge in [-0.05, 0) is 51.0 Å². The lowest BCUT2D eigenvalue weighted by molar-refractivity contribution is 0.493. The van der Waals surface area contributed by atoms with Gasteiger partial charge in [-0.2, -0.15) is 12.5 Å². The summed E-state index contributed by atoms with van der Waals surface area (Å²) in [5.41, 5.74) is -0.573. The standard InChI is InChI=1S/C25H23Cl2F2N5O4S3/c1-14(2)40(35,36)20-3-4-21(39-20)41(37,38)34-19-11-16(28)10-17(27)22(19)24(31-34)33-8-7-32(13-25(33)5-6-25)23-18(29)9-15(26)12-30-23/h3-4,9-12,14H,5-8,13H2,1-2H3. The third kappa shape index (κ3) is 4.67. The smallest absolute Gasteiger partial charge is 0.293 e. The van der Waals surface area contributed by atoms with Gasteiger partial charge >= 0.3 is 0 Å². The number of aromatic nitrogens is 3. The first-order valence-corrected chi connectivity index (χ1v) is 17.1. The Hall–Kier alpha value is -2.52. The van der Waals surface area contributed by atoms with Gasteiger partial charge in [-0.25, -0.2) is 22.2 Å². The summed E-state index contributed by atoms with van der Waals surface area (Å²) in [6.07, 6.45) is 2.82. The van der Waals surface area contributed by atoms with E-state index < -0.39 is 42.3 Å². The summed E-state index contributed by atoms with van der Waals surface area (Å²) >= 11 is 13.0. The van der Waals surface area contributed by atoms with Crippen molar-refractivity contribution in [3.05, 3.63) is 58.2 Å². The lowest BCUT2D eigenvalue weighted by Gasteiger charge is -2.43. The van der Waals surface area contributed by atoms with Crippen molar-refractivity contribution in [2.24, 2.45) is 0 Å². The maximum Gasteiger partial charge on any atom is 0.293 e. The van der Waals surface area contributed by atoms with Crippen LogP contribution in [0.1, 0.15) is 26.7 Å². The second-order valence-corrected chi connectivity index (χ2v) is 17.0. The van der Waals surface area contributed by atoms with Crippen LogP contribution in [0.15, 0.2) is 44.9 Å². The molecule has 16 heteroatoms. The van der Waals surface area contributed by atoms with E-state index in [0.29, 0.717) is 35.1 Å². The van der Waals surface area contributed by atoms with Crippen LogP contribution in [0.3, 0.4) is 0 Å². The van der Waals surface area contributed by atoms with Crippen molar-refractivity contribution in [3.8, 4) is 0 Å². The lowest BCUT2D eigenvalue weighted by Crippen LogP contribution is -2.56. The van der Waals surface area contributed by atoms with Crippen molar-refractivity contribution in [1.82, 2.24) is 14.2 Å². The molecule has 0 radical (unpaired) electrons. The largest absolute Gasteiger partial charge is 0.350 e. The predicted molar refractivity (Wildman–Crippen MR) is 155 cm³/mol. The summed E-state index contributed by atoms with van der Waals surface area (Å²) < 4.78 is 82.5. The van der Waals surface area contributed by atoms with Crippen LogP contribution >= 0.6 is 34.5 Å². The number of benzene rings is 1. The number of anilines is 2. The minimum Gasteiger partial charge on any atom is -0.350 e. The van der Waals surface area contributed by atoms with Gasteiger partial charge in [0, 0.05) is 31.9 Å². The second-order valence-electron chi connectivity index (χ2n) is 10.4. The highest BCUT2D eigenvalue weighted by molar-refractivity contribution is 7.95. The molecule has 4 aromatic rings. The highest BCUT2D eigenvalue weighted by Gasteiger charge is 2.53. The van der Waals surface area contributed by atoms with Crippen LogP contribution < -0.4 is 9.80 Å². The van der Waals surface area contributed by atoms with Crippen LogP contribution in [0.2, 0.25) is 10.0 Å². The number of nitrogens with zero attached hydrogens (tertiary/aromatic N) is 5. The molecule has 1 aromatic carbocycles. The number of fused-ring (bicyclic) bond motifs is 1. The molecule has 1 saturated carbocycles. The quantitative estimate of drug-likeness (QED) is 0.272. The van der Waals surface area contributed by atoms with Crippen LogP contribution in [0, 0.1) is 11.6 Å². The maximum atomic E-state index is 14.7. The minimum absolute atomic E-state index is 0.0191. The van der Waals surface area contributed by atoms with Gasteiger partial charge < -0.3 is 9.80 Å². The Labute approximate surface area is 249 Å². The Balaban J connectivity index is 1.44. The summed E-state index contributed by atoms with van der Waals surface area (Å²) in [4.78, 5) is 7.92. The van der Waals surface area contributed by atoms with Crippen LogP contribution in [0.5, 0.6) is 0 Å². The Morgan fingerprint density at radius 1 is 1.00 bits per heavy atom. The molecule has 1 aliphatic heterocycles. The van der Waals surface area contributed by atoms with Gasteiger partial charge in [-0.1, -0.05) is 23.2 Å². The van der Waals surface area contributed by atoms with Gasteiger partial charge in [0.2, 0.25) is 0 Å². The number of sulfone groups is 1. The molecule has 3 aromatic heterocycles. The number of hydrogen-bond donors (Lipinski definition) is 0. The Kier molecular flexibility index (Phi) is 6.81. The lowest BCUT2D eigenvalue weighted by atomic mass is 10.1. The number of rotatable bonds is 6. The number of piperazine rings is 1. The van der Waals surface area contributed by atoms with E-state index in [1.54, 1.807) is 0 Å². The van der Waals surface area contributed by atoms with Gasteiger partial charge in [0.05, 0.1) is 31.7 Å². The number of hydrogen-bond acceptors (Lipinski definition) is 9. The third-order valence-corrected chi connectivity index (χ3v) is 13.7. The summed E-state index contributed by atoms with van der Waals surface area (Å²) in [5, 5.41) is 4.14. The first-order valence-electron chi connectivity index (χ1n) is 12.6. The molecule has 0 N–H and O–H groups in total. The Bertz CT molecular complexity index is 1920. The summed E-state index contributed by atoms with van der Waals surface area (Å²) in [6, 6.07) is 5.78. The predicted octanol–water partition coefficient (Wildman–Crippen LogP) is 5.36. The first kappa shape index (κ1) is 28.6. The van der Waals surface area contributed by atoms with Gasteiger partial charge in [0.15, 0.2) is 27.3 Å². The third-order valence-electron chi connectivity index (χ3n) is 7.41. The molecule has 0 unspecified atom stereocenters. The van der Waals surface area contributed by atoms with E-state index in [-0.39, 0.29) is 41.0 Å². The maximum absolute atomic E-state index is 14.7. The molecule has 2 aliphatic rings. The monoisotopic (exact) mass is 661 g/mol. The van der Waals surface area contributed by atoms with E-state index in [1.165, 1.54) is 38.2 Å². The number of halogens is 4. The molecule has 2 fully saturated rings. The molecule has 1 saturated heterocycles. The van der Waals surface area contributed by atoms with Crippen molar-refractivity contribution < 1.29 is 25.6 Å². The van der Waals surface area contributed by atoms with Crippen molar-refractivity contribution >= 4 is 76.9 Å². The molecular weight excluding hydrogens is 639 g/mol. The van der Waals surface area contributed by atoms with Gasteiger partial charge in [0.1, 0.15) is 14.2 Å². The highest BCUT2D eigenvalue weighted by Crippen LogP contribution is 2.49. The molecule has 0 amide bonds. The zero-order valence-electron chi connectivity index (χ0n) is 21.7. The molecule has 41 heavy (non-hydrogen) atoms. The van der Waals surface area contributed by atoms with E-state index >= 15 is 0 Å². The second kappa shape index (κ2) is 9.76. The van der Waals surface area contributed by atoms with Crippen LogP contribution in [-0.4, -0.2) is 61.4 Å². The topological polar surface area (TPSA) is 105 Å². The Morgan fingerprint density at radius 2 is 1.71 bits per heavy atom. The van der Waals surface area contributed by atoms with Crippen molar-refractivity contribution in [2.45, 2.75) is 45.9 Å². The van der Waals surface area contributed by atoms with E-state index in [0.717, 1.165) is 25.0 Å². The fourth-order valence-electron chi connectivity index (χ4n) is 5.11. The van der Waals surface area contributed by atoms with Crippen molar-refractivity contribution in [1.29, 1.82) is 0 Å². The molecule has 0 bridgehead atoms. The van der Waals surface area contributed by atoms with E-state index in [2.05, 4.69) is 10.1 Å². The van der Waals surface area contributed by atoms with E-state index in [9.17, 15) is 25.6 Å². The number of thiophene rings is 1. The molecular formula is C25H23Cl2F2N5O4S3. The summed E-state index contributed by atoms with van der Waals surface area (Å²) in [7, 11) is -8.15. The molecule has 1 aliphatic carbocycles. The molecule has 6 rings (SSSR count). The number of pyridine rings is 1. The van der Waals surface area contributed by atoms with Gasteiger partial charge in [-0.3, -0.25) is 0 Å². The summed E-state index contributed by atoms with van der Waals surface area (Å²) in [5.74, 6) is -0.879. The zero-order valence-corrected chi connectivity index (χ0v) is 25.6. The zero-order chi connectivity index (χ0) is 29.5. The fraction of sp³-hybridized carbons (Fsp3) is 0.360. The van der Waals surface area contributed by atoms with Crippen molar-refractivity contribution in [2.75, 3.05) is 29.4 Å². The SMILES string of the molecule is CC(C)S(=O)(=O)c1ccc(S(=O)(=O)n2nc(N3CCN(c4ncc(Cl)cc4F)CC34CC4)c3c(Cl)cc(F)cc32)s1. The average Bonchev–Trinajstić information content (AvgIpc) is 3.29. The molecule has 4 heterocycles.